The number of rotatable bonds is 4. The first-order chi connectivity index (χ1) is 10.1. The van der Waals surface area contributed by atoms with E-state index >= 15 is 0 Å². The van der Waals surface area contributed by atoms with Crippen LogP contribution in [0, 0.1) is 5.92 Å². The van der Waals surface area contributed by atoms with Crippen LogP contribution in [0.25, 0.3) is 0 Å². The first kappa shape index (κ1) is 16.1. The van der Waals surface area contributed by atoms with Crippen LogP contribution < -0.4 is 10.6 Å². The van der Waals surface area contributed by atoms with Crippen LogP contribution in [0.4, 0.5) is 4.79 Å². The molecule has 6 heteroatoms. The van der Waals surface area contributed by atoms with Gasteiger partial charge in [-0.05, 0) is 45.7 Å². The van der Waals surface area contributed by atoms with Gasteiger partial charge in [-0.25, -0.2) is 4.79 Å². The number of hydrogen-bond acceptors (Lipinski definition) is 3. The van der Waals surface area contributed by atoms with Gasteiger partial charge in [0.25, 0.3) is 0 Å². The third-order valence-electron chi connectivity index (χ3n) is 4.78. The van der Waals surface area contributed by atoms with Gasteiger partial charge < -0.3 is 20.6 Å². The molecule has 2 fully saturated rings. The minimum Gasteiger partial charge on any atom is -0.481 e. The number of amides is 2. The van der Waals surface area contributed by atoms with Gasteiger partial charge >= 0.3 is 12.0 Å². The molecule has 0 radical (unpaired) electrons. The summed E-state index contributed by atoms with van der Waals surface area (Å²) in [5.74, 6) is -1.06. The smallest absolute Gasteiger partial charge is 0.315 e. The molecule has 6 nitrogen and oxygen atoms in total. The third kappa shape index (κ3) is 4.88. The molecule has 3 unspecified atom stereocenters. The predicted octanol–water partition coefficient (Wildman–Crippen LogP) is 1.41. The lowest BCUT2D eigenvalue weighted by atomic mass is 9.86. The standard InChI is InChI=1S/C15H27N3O3/c1-18-8-3-2-7-13(18)10-16-15(21)17-12-6-4-5-11(9-12)14(19)20/h11-13H,2-10H2,1H3,(H,19,20)(H2,16,17,21). The number of urea groups is 1. The number of nitrogens with zero attached hydrogens (tertiary/aromatic N) is 1. The molecule has 0 aromatic rings. The Labute approximate surface area is 126 Å². The summed E-state index contributed by atoms with van der Waals surface area (Å²) in [6.07, 6.45) is 6.60. The van der Waals surface area contributed by atoms with Crippen LogP contribution in [0.5, 0.6) is 0 Å². The second-order valence-electron chi connectivity index (χ2n) is 6.38. The molecule has 3 atom stereocenters. The highest BCUT2D eigenvalue weighted by atomic mass is 16.4. The number of aliphatic carboxylic acids is 1. The zero-order chi connectivity index (χ0) is 15.2. The number of carbonyl (C=O) groups excluding carboxylic acids is 1. The summed E-state index contributed by atoms with van der Waals surface area (Å²) in [5.41, 5.74) is 0. The number of likely N-dealkylation sites (N-methyl/N-ethyl adjacent to an activating group) is 1. The first-order valence-electron chi connectivity index (χ1n) is 8.03. The summed E-state index contributed by atoms with van der Waals surface area (Å²) in [6.45, 7) is 1.76. The second kappa shape index (κ2) is 7.64. The average molecular weight is 297 g/mol. The minimum absolute atomic E-state index is 0.0102. The van der Waals surface area contributed by atoms with Crippen molar-refractivity contribution in [3.05, 3.63) is 0 Å². The first-order valence-corrected chi connectivity index (χ1v) is 8.03. The highest BCUT2D eigenvalue weighted by Gasteiger charge is 2.28. The van der Waals surface area contributed by atoms with Gasteiger partial charge in [0.2, 0.25) is 0 Å². The van der Waals surface area contributed by atoms with Crippen LogP contribution in [-0.4, -0.2) is 54.2 Å². The van der Waals surface area contributed by atoms with E-state index in [9.17, 15) is 9.59 Å². The summed E-state index contributed by atoms with van der Waals surface area (Å²) in [7, 11) is 2.10. The largest absolute Gasteiger partial charge is 0.481 e. The van der Waals surface area contributed by atoms with E-state index in [1.165, 1.54) is 12.8 Å². The molecule has 21 heavy (non-hydrogen) atoms. The van der Waals surface area contributed by atoms with E-state index in [4.69, 9.17) is 5.11 Å². The summed E-state index contributed by atoms with van der Waals surface area (Å²) in [4.78, 5) is 25.3. The van der Waals surface area contributed by atoms with Gasteiger partial charge in [-0.15, -0.1) is 0 Å². The van der Waals surface area contributed by atoms with E-state index in [2.05, 4.69) is 22.6 Å². The quantitative estimate of drug-likeness (QED) is 0.733. The summed E-state index contributed by atoms with van der Waals surface area (Å²) < 4.78 is 0. The van der Waals surface area contributed by atoms with Gasteiger partial charge in [-0.1, -0.05) is 12.8 Å². The molecule has 0 bridgehead atoms. The predicted molar refractivity (Wildman–Crippen MR) is 80.2 cm³/mol. The Bertz CT molecular complexity index is 375. The number of nitrogens with one attached hydrogen (secondary N) is 2. The molecule has 120 valence electrons. The molecule has 1 heterocycles. The monoisotopic (exact) mass is 297 g/mol. The molecule has 3 N–H and O–H groups in total. The molecule has 0 spiro atoms. The van der Waals surface area contributed by atoms with Crippen LogP contribution >= 0.6 is 0 Å². The number of carboxylic acids is 1. The summed E-state index contributed by atoms with van der Waals surface area (Å²) in [5, 5.41) is 14.9. The van der Waals surface area contributed by atoms with Crippen LogP contribution in [0.2, 0.25) is 0 Å². The van der Waals surface area contributed by atoms with Crippen molar-refractivity contribution in [2.45, 2.75) is 57.0 Å². The molecule has 1 aliphatic carbocycles. The maximum absolute atomic E-state index is 11.9. The van der Waals surface area contributed by atoms with Crippen LogP contribution in [0.15, 0.2) is 0 Å². The molecule has 1 saturated carbocycles. The van der Waals surface area contributed by atoms with Gasteiger partial charge in [0.05, 0.1) is 5.92 Å². The van der Waals surface area contributed by atoms with Gasteiger partial charge in [0, 0.05) is 18.6 Å². The molecule has 2 aliphatic rings. The lowest BCUT2D eigenvalue weighted by molar-refractivity contribution is -0.143. The van der Waals surface area contributed by atoms with E-state index < -0.39 is 5.97 Å². The number of likely N-dealkylation sites (tertiary alicyclic amines) is 1. The highest BCUT2D eigenvalue weighted by Crippen LogP contribution is 2.24. The van der Waals surface area contributed by atoms with E-state index in [0.29, 0.717) is 19.0 Å². The Balaban J connectivity index is 1.70. The van der Waals surface area contributed by atoms with Gasteiger partial charge in [0.15, 0.2) is 0 Å². The maximum atomic E-state index is 11.9. The normalized spacial score (nSPS) is 30.6. The zero-order valence-corrected chi connectivity index (χ0v) is 12.8. The lowest BCUT2D eigenvalue weighted by Crippen LogP contribution is -2.49. The van der Waals surface area contributed by atoms with Crippen molar-refractivity contribution in [3.63, 3.8) is 0 Å². The van der Waals surface area contributed by atoms with Crippen molar-refractivity contribution in [3.8, 4) is 0 Å². The Morgan fingerprint density at radius 3 is 2.71 bits per heavy atom. The van der Waals surface area contributed by atoms with Gasteiger partial charge in [0.1, 0.15) is 0 Å². The fraction of sp³-hybridized carbons (Fsp3) is 0.867. The molecule has 0 aromatic heterocycles. The van der Waals surface area contributed by atoms with E-state index in [-0.39, 0.29) is 18.0 Å². The molecular weight excluding hydrogens is 270 g/mol. The maximum Gasteiger partial charge on any atom is 0.315 e. The molecule has 0 aromatic carbocycles. The fourth-order valence-electron chi connectivity index (χ4n) is 3.39. The Kier molecular flexibility index (Phi) is 5.85. The topological polar surface area (TPSA) is 81.7 Å². The number of piperidine rings is 1. The van der Waals surface area contributed by atoms with Crippen molar-refractivity contribution < 1.29 is 14.7 Å². The third-order valence-corrected chi connectivity index (χ3v) is 4.78. The molecule has 1 saturated heterocycles. The molecule has 1 aliphatic heterocycles. The summed E-state index contributed by atoms with van der Waals surface area (Å²) >= 11 is 0. The average Bonchev–Trinajstić information content (AvgIpc) is 2.46. The van der Waals surface area contributed by atoms with Crippen LogP contribution in [0.3, 0.4) is 0 Å². The van der Waals surface area contributed by atoms with Gasteiger partial charge in [-0.2, -0.15) is 0 Å². The van der Waals surface area contributed by atoms with Crippen LogP contribution in [0.1, 0.15) is 44.9 Å². The van der Waals surface area contributed by atoms with E-state index in [0.717, 1.165) is 32.2 Å². The SMILES string of the molecule is CN1CCCCC1CNC(=O)NC1CCCC(C(=O)O)C1. The van der Waals surface area contributed by atoms with Crippen molar-refractivity contribution >= 4 is 12.0 Å². The fourth-order valence-corrected chi connectivity index (χ4v) is 3.39. The van der Waals surface area contributed by atoms with Crippen LogP contribution in [-0.2, 0) is 4.79 Å². The number of hydrogen-bond donors (Lipinski definition) is 3. The van der Waals surface area contributed by atoms with Crippen molar-refractivity contribution in [2.75, 3.05) is 20.1 Å². The summed E-state index contributed by atoms with van der Waals surface area (Å²) in [6, 6.07) is 0.247. The number of carboxylic acid groups (broad SMARTS) is 1. The highest BCUT2D eigenvalue weighted by molar-refractivity contribution is 5.74. The Morgan fingerprint density at radius 1 is 1.19 bits per heavy atom. The zero-order valence-electron chi connectivity index (χ0n) is 12.8. The van der Waals surface area contributed by atoms with Crippen molar-refractivity contribution in [1.82, 2.24) is 15.5 Å². The minimum atomic E-state index is -0.745. The van der Waals surface area contributed by atoms with E-state index in [1.54, 1.807) is 0 Å². The molecular formula is C15H27N3O3. The Hall–Kier alpha value is -1.30. The lowest BCUT2D eigenvalue weighted by Gasteiger charge is -2.33. The molecule has 2 amide bonds. The second-order valence-corrected chi connectivity index (χ2v) is 6.38. The Morgan fingerprint density at radius 2 is 2.00 bits per heavy atom. The molecule has 2 rings (SSSR count). The number of carbonyl (C=O) groups is 2. The van der Waals surface area contributed by atoms with Crippen molar-refractivity contribution in [2.24, 2.45) is 5.92 Å². The van der Waals surface area contributed by atoms with Crippen molar-refractivity contribution in [1.29, 1.82) is 0 Å². The van der Waals surface area contributed by atoms with Gasteiger partial charge in [-0.3, -0.25) is 4.79 Å². The van der Waals surface area contributed by atoms with E-state index in [1.807, 2.05) is 0 Å².